The Morgan fingerprint density at radius 3 is 2.57 bits per heavy atom. The Balaban J connectivity index is 2.01. The van der Waals surface area contributed by atoms with Gasteiger partial charge in [-0.3, -0.25) is 9.69 Å². The molecule has 1 aliphatic heterocycles. The third-order valence-corrected chi connectivity index (χ3v) is 3.25. The SMILES string of the molecule is O=C1CCN(C(=O)OCc2ccccc2)[C@H](C(F)(F)F)C1. The molecular weight excluding hydrogens is 287 g/mol. The maximum atomic E-state index is 12.9. The van der Waals surface area contributed by atoms with Gasteiger partial charge in [-0.25, -0.2) is 4.79 Å². The van der Waals surface area contributed by atoms with Gasteiger partial charge < -0.3 is 4.74 Å². The second-order valence-corrected chi connectivity index (χ2v) is 4.78. The molecule has 0 aromatic heterocycles. The molecule has 114 valence electrons. The maximum Gasteiger partial charge on any atom is 0.410 e. The van der Waals surface area contributed by atoms with Crippen LogP contribution in [0.2, 0.25) is 0 Å². The first kappa shape index (κ1) is 15.3. The van der Waals surface area contributed by atoms with Gasteiger partial charge in [-0.1, -0.05) is 30.3 Å². The van der Waals surface area contributed by atoms with Crippen LogP contribution < -0.4 is 0 Å². The standard InChI is InChI=1S/C14H14F3NO3/c15-14(16,17)12-8-11(19)6-7-18(12)13(20)21-9-10-4-2-1-3-5-10/h1-5,12H,6-9H2/t12-/m0/s1. The molecule has 0 radical (unpaired) electrons. The minimum absolute atomic E-state index is 0.0764. The van der Waals surface area contributed by atoms with Gasteiger partial charge in [0.1, 0.15) is 18.4 Å². The van der Waals surface area contributed by atoms with Gasteiger partial charge in [0.2, 0.25) is 0 Å². The Labute approximate surface area is 119 Å². The van der Waals surface area contributed by atoms with Gasteiger partial charge in [0.15, 0.2) is 0 Å². The van der Waals surface area contributed by atoms with E-state index in [0.29, 0.717) is 10.5 Å². The quantitative estimate of drug-likeness (QED) is 0.844. The van der Waals surface area contributed by atoms with Crippen molar-refractivity contribution >= 4 is 11.9 Å². The van der Waals surface area contributed by atoms with E-state index >= 15 is 0 Å². The van der Waals surface area contributed by atoms with Crippen LogP contribution in [0.1, 0.15) is 18.4 Å². The number of benzene rings is 1. The maximum absolute atomic E-state index is 12.9. The highest BCUT2D eigenvalue weighted by Gasteiger charge is 2.48. The predicted octanol–water partition coefficient (Wildman–Crippen LogP) is 2.92. The van der Waals surface area contributed by atoms with Crippen LogP contribution in [0.15, 0.2) is 30.3 Å². The van der Waals surface area contributed by atoms with Gasteiger partial charge in [0.25, 0.3) is 0 Å². The highest BCUT2D eigenvalue weighted by molar-refractivity contribution is 5.82. The molecule has 0 unspecified atom stereocenters. The van der Waals surface area contributed by atoms with Crippen LogP contribution in [0.5, 0.6) is 0 Å². The average Bonchev–Trinajstić information content (AvgIpc) is 2.45. The summed E-state index contributed by atoms with van der Waals surface area (Å²) >= 11 is 0. The molecular formula is C14H14F3NO3. The zero-order chi connectivity index (χ0) is 15.5. The van der Waals surface area contributed by atoms with Crippen molar-refractivity contribution in [2.45, 2.75) is 31.7 Å². The zero-order valence-corrected chi connectivity index (χ0v) is 11.1. The first-order valence-electron chi connectivity index (χ1n) is 6.43. The molecule has 1 amide bonds. The molecule has 4 nitrogen and oxygen atoms in total. The van der Waals surface area contributed by atoms with Crippen molar-refractivity contribution in [1.29, 1.82) is 0 Å². The number of halogens is 3. The summed E-state index contributed by atoms with van der Waals surface area (Å²) in [5, 5.41) is 0. The third kappa shape index (κ3) is 3.96. The molecule has 1 aliphatic rings. The van der Waals surface area contributed by atoms with Crippen molar-refractivity contribution in [2.24, 2.45) is 0 Å². The van der Waals surface area contributed by atoms with Gasteiger partial charge >= 0.3 is 12.3 Å². The highest BCUT2D eigenvalue weighted by atomic mass is 19.4. The summed E-state index contributed by atoms with van der Waals surface area (Å²) in [6.45, 7) is -0.370. The fourth-order valence-corrected chi connectivity index (χ4v) is 2.14. The summed E-state index contributed by atoms with van der Waals surface area (Å²) in [6.07, 6.45) is -6.47. The van der Waals surface area contributed by atoms with Crippen molar-refractivity contribution in [2.75, 3.05) is 6.54 Å². The van der Waals surface area contributed by atoms with E-state index in [1.165, 1.54) is 0 Å². The monoisotopic (exact) mass is 301 g/mol. The number of piperidine rings is 1. The van der Waals surface area contributed by atoms with E-state index < -0.39 is 30.5 Å². The number of nitrogens with zero attached hydrogens (tertiary/aromatic N) is 1. The van der Waals surface area contributed by atoms with E-state index in [-0.39, 0.29) is 19.6 Å². The first-order valence-corrected chi connectivity index (χ1v) is 6.43. The largest absolute Gasteiger partial charge is 0.445 e. The van der Waals surface area contributed by atoms with E-state index in [4.69, 9.17) is 4.74 Å². The first-order chi connectivity index (χ1) is 9.88. The normalized spacial score (nSPS) is 19.5. The van der Waals surface area contributed by atoms with Crippen molar-refractivity contribution in [3.8, 4) is 0 Å². The molecule has 0 N–H and O–H groups in total. The molecule has 0 bridgehead atoms. The lowest BCUT2D eigenvalue weighted by atomic mass is 10.0. The summed E-state index contributed by atoms with van der Waals surface area (Å²) < 4.78 is 43.6. The number of ether oxygens (including phenoxy) is 1. The Morgan fingerprint density at radius 2 is 1.95 bits per heavy atom. The molecule has 1 aromatic carbocycles. The van der Waals surface area contributed by atoms with Crippen LogP contribution in [-0.4, -0.2) is 35.5 Å². The number of amides is 1. The van der Waals surface area contributed by atoms with E-state index in [0.717, 1.165) is 0 Å². The molecule has 1 atom stereocenters. The van der Waals surface area contributed by atoms with Gasteiger partial charge in [0, 0.05) is 19.4 Å². The summed E-state index contributed by atoms with van der Waals surface area (Å²) in [5.41, 5.74) is 0.683. The van der Waals surface area contributed by atoms with Crippen LogP contribution in [-0.2, 0) is 16.1 Å². The van der Waals surface area contributed by atoms with Gasteiger partial charge in [0.05, 0.1) is 0 Å². The summed E-state index contributed by atoms with van der Waals surface area (Å²) in [7, 11) is 0. The van der Waals surface area contributed by atoms with Crippen molar-refractivity contribution < 1.29 is 27.5 Å². The van der Waals surface area contributed by atoms with Crippen molar-refractivity contribution in [3.63, 3.8) is 0 Å². The lowest BCUT2D eigenvalue weighted by Gasteiger charge is -2.35. The third-order valence-electron chi connectivity index (χ3n) is 3.25. The molecule has 1 aromatic rings. The second-order valence-electron chi connectivity index (χ2n) is 4.78. The number of Topliss-reactive ketones (excluding diaryl/α,β-unsaturated/α-hetero) is 1. The Kier molecular flexibility index (Phi) is 4.50. The zero-order valence-electron chi connectivity index (χ0n) is 11.1. The molecule has 7 heteroatoms. The Bertz CT molecular complexity index is 516. The molecule has 1 heterocycles. The average molecular weight is 301 g/mol. The Hall–Kier alpha value is -2.05. The molecule has 21 heavy (non-hydrogen) atoms. The van der Waals surface area contributed by atoms with E-state index in [1.54, 1.807) is 30.3 Å². The molecule has 1 saturated heterocycles. The van der Waals surface area contributed by atoms with E-state index in [1.807, 2.05) is 0 Å². The number of alkyl halides is 3. The molecule has 1 fully saturated rings. The number of rotatable bonds is 2. The number of hydrogen-bond donors (Lipinski definition) is 0. The highest BCUT2D eigenvalue weighted by Crippen LogP contribution is 2.31. The fourth-order valence-electron chi connectivity index (χ4n) is 2.14. The van der Waals surface area contributed by atoms with Crippen LogP contribution in [0.3, 0.4) is 0 Å². The smallest absolute Gasteiger partial charge is 0.410 e. The van der Waals surface area contributed by atoms with Crippen LogP contribution in [0.4, 0.5) is 18.0 Å². The van der Waals surface area contributed by atoms with Crippen LogP contribution in [0, 0.1) is 0 Å². The lowest BCUT2D eigenvalue weighted by Crippen LogP contribution is -2.53. The number of carbonyl (C=O) groups excluding carboxylic acids is 2. The minimum Gasteiger partial charge on any atom is -0.445 e. The Morgan fingerprint density at radius 1 is 1.29 bits per heavy atom. The second kappa shape index (κ2) is 6.15. The number of carbonyl (C=O) groups is 2. The number of hydrogen-bond acceptors (Lipinski definition) is 3. The summed E-state index contributed by atoms with van der Waals surface area (Å²) in [4.78, 5) is 23.6. The van der Waals surface area contributed by atoms with Gasteiger partial charge in [-0.05, 0) is 5.56 Å². The van der Waals surface area contributed by atoms with Crippen LogP contribution >= 0.6 is 0 Å². The topological polar surface area (TPSA) is 46.6 Å². The molecule has 0 spiro atoms. The van der Waals surface area contributed by atoms with Crippen molar-refractivity contribution in [3.05, 3.63) is 35.9 Å². The summed E-state index contributed by atoms with van der Waals surface area (Å²) in [6, 6.07) is 6.56. The van der Waals surface area contributed by atoms with Crippen LogP contribution in [0.25, 0.3) is 0 Å². The van der Waals surface area contributed by atoms with Gasteiger partial charge in [-0.15, -0.1) is 0 Å². The predicted molar refractivity (Wildman–Crippen MR) is 67.4 cm³/mol. The summed E-state index contributed by atoms with van der Waals surface area (Å²) in [5.74, 6) is -0.496. The van der Waals surface area contributed by atoms with E-state index in [9.17, 15) is 22.8 Å². The minimum atomic E-state index is -4.64. The van der Waals surface area contributed by atoms with Crippen molar-refractivity contribution in [1.82, 2.24) is 4.90 Å². The molecule has 2 rings (SSSR count). The number of likely N-dealkylation sites (tertiary alicyclic amines) is 1. The fraction of sp³-hybridized carbons (Fsp3) is 0.429. The van der Waals surface area contributed by atoms with E-state index in [2.05, 4.69) is 0 Å². The number of ketones is 1. The molecule has 0 aliphatic carbocycles. The molecule has 0 saturated carbocycles. The lowest BCUT2D eigenvalue weighted by molar-refractivity contribution is -0.187. The van der Waals surface area contributed by atoms with Gasteiger partial charge in [-0.2, -0.15) is 13.2 Å².